The van der Waals surface area contributed by atoms with E-state index in [1.165, 1.54) is 0 Å². The average molecular weight is 187 g/mol. The Hall–Kier alpha value is 0.570. The van der Waals surface area contributed by atoms with Gasteiger partial charge in [-0.1, -0.05) is 21.6 Å². The molecule has 54 valence electrons. The molecule has 9 heavy (non-hydrogen) atoms. The number of hydrogen-bond acceptors (Lipinski definition) is 5. The van der Waals surface area contributed by atoms with Crippen molar-refractivity contribution in [3.63, 3.8) is 0 Å². The molecule has 0 aromatic heterocycles. The van der Waals surface area contributed by atoms with E-state index in [1.54, 1.807) is 0 Å². The van der Waals surface area contributed by atoms with Gasteiger partial charge in [-0.2, -0.15) is 8.42 Å². The van der Waals surface area contributed by atoms with Crippen molar-refractivity contribution in [2.45, 2.75) is 3.41 Å². The zero-order valence-electron chi connectivity index (χ0n) is 4.27. The lowest BCUT2D eigenvalue weighted by molar-refractivity contribution is 0.478. The van der Waals surface area contributed by atoms with Gasteiger partial charge in [-0.25, -0.2) is 0 Å². The predicted molar refractivity (Wildman–Crippen MR) is 38.5 cm³/mol. The van der Waals surface area contributed by atoms with E-state index < -0.39 is 13.5 Å². The minimum Gasteiger partial charge on any atom is -0.327 e. The van der Waals surface area contributed by atoms with Crippen LogP contribution in [0.4, 0.5) is 0 Å². The van der Waals surface area contributed by atoms with E-state index in [0.717, 1.165) is 21.6 Å². The molecule has 1 aliphatic rings. The Labute approximate surface area is 60.7 Å². The maximum Gasteiger partial charge on any atom is 0.292 e. The average Bonchev–Trinajstić information content (AvgIpc) is 2.40. The molecule has 0 spiro atoms. The normalized spacial score (nSPS) is 23.8. The molecule has 0 atom stereocenters. The van der Waals surface area contributed by atoms with Gasteiger partial charge in [0.05, 0.1) is 0 Å². The number of hydrogen-bond donors (Lipinski definition) is 2. The summed E-state index contributed by atoms with van der Waals surface area (Å²) in [7, 11) is -1.79. The molecule has 1 fully saturated rings. The highest BCUT2D eigenvalue weighted by Crippen LogP contribution is 2.66. The lowest BCUT2D eigenvalue weighted by Gasteiger charge is -2.01. The quantitative estimate of drug-likeness (QED) is 0.356. The molecular formula is C2H5NO3S3. The van der Waals surface area contributed by atoms with Gasteiger partial charge in [0, 0.05) is 6.54 Å². The molecule has 0 aromatic rings. The van der Waals surface area contributed by atoms with Gasteiger partial charge in [0.1, 0.15) is 0 Å². The van der Waals surface area contributed by atoms with Crippen LogP contribution in [0, 0.1) is 0 Å². The molecule has 0 aliphatic carbocycles. The SMILES string of the molecule is NCC1(S(=O)(=O)O)SS1. The summed E-state index contributed by atoms with van der Waals surface area (Å²) in [5.41, 5.74) is 5.07. The Balaban J connectivity index is 2.85. The Morgan fingerprint density at radius 1 is 1.56 bits per heavy atom. The van der Waals surface area contributed by atoms with Gasteiger partial charge in [0.15, 0.2) is 0 Å². The molecule has 0 unspecified atom stereocenters. The van der Waals surface area contributed by atoms with Crippen LogP contribution in [-0.2, 0) is 10.1 Å². The lowest BCUT2D eigenvalue weighted by Crippen LogP contribution is -2.28. The van der Waals surface area contributed by atoms with Crippen LogP contribution in [0.3, 0.4) is 0 Å². The third-order valence-corrected chi connectivity index (χ3v) is 6.84. The van der Waals surface area contributed by atoms with Crippen molar-refractivity contribution in [3.05, 3.63) is 0 Å². The summed E-state index contributed by atoms with van der Waals surface area (Å²) in [5, 5.41) is 0. The van der Waals surface area contributed by atoms with E-state index in [0.29, 0.717) is 0 Å². The van der Waals surface area contributed by atoms with E-state index in [-0.39, 0.29) is 6.54 Å². The van der Waals surface area contributed by atoms with Gasteiger partial charge in [-0.3, -0.25) is 4.55 Å². The fraction of sp³-hybridized carbons (Fsp3) is 1.00. The first kappa shape index (κ1) is 7.67. The van der Waals surface area contributed by atoms with Crippen molar-refractivity contribution >= 4 is 31.7 Å². The first-order chi connectivity index (χ1) is 4.02. The van der Waals surface area contributed by atoms with Gasteiger partial charge in [0.25, 0.3) is 10.1 Å². The second-order valence-corrected chi connectivity index (χ2v) is 6.68. The molecule has 1 heterocycles. The lowest BCUT2D eigenvalue weighted by atomic mass is 10.8. The van der Waals surface area contributed by atoms with E-state index in [1.807, 2.05) is 0 Å². The maximum absolute atomic E-state index is 10.4. The highest BCUT2D eigenvalue weighted by molar-refractivity contribution is 8.97. The summed E-state index contributed by atoms with van der Waals surface area (Å²) >= 11 is 0. The summed E-state index contributed by atoms with van der Waals surface area (Å²) in [6.07, 6.45) is 0. The molecule has 1 saturated heterocycles. The fourth-order valence-corrected chi connectivity index (χ4v) is 3.97. The maximum atomic E-state index is 10.4. The first-order valence-corrected chi connectivity index (χ1v) is 5.65. The van der Waals surface area contributed by atoms with Crippen molar-refractivity contribution < 1.29 is 13.0 Å². The topological polar surface area (TPSA) is 80.4 Å². The summed E-state index contributed by atoms with van der Waals surface area (Å²) in [4.78, 5) is 0. The third-order valence-electron chi connectivity index (χ3n) is 0.912. The summed E-state index contributed by atoms with van der Waals surface area (Å²) < 4.78 is 28.1. The van der Waals surface area contributed by atoms with E-state index in [9.17, 15) is 8.42 Å². The van der Waals surface area contributed by atoms with Crippen LogP contribution in [0.2, 0.25) is 0 Å². The zero-order valence-corrected chi connectivity index (χ0v) is 6.72. The molecule has 0 aromatic carbocycles. The third kappa shape index (κ3) is 1.20. The Kier molecular flexibility index (Phi) is 1.73. The van der Waals surface area contributed by atoms with E-state index in [4.69, 9.17) is 10.3 Å². The number of rotatable bonds is 2. The Bertz CT molecular complexity index is 205. The molecule has 4 nitrogen and oxygen atoms in total. The van der Waals surface area contributed by atoms with Crippen LogP contribution in [0.5, 0.6) is 0 Å². The molecule has 0 amide bonds. The van der Waals surface area contributed by atoms with Crippen molar-refractivity contribution in [3.8, 4) is 0 Å². The molecular weight excluding hydrogens is 182 g/mol. The minimum absolute atomic E-state index is 0.0405. The van der Waals surface area contributed by atoms with Gasteiger partial charge in [-0.15, -0.1) is 0 Å². The van der Waals surface area contributed by atoms with Crippen molar-refractivity contribution in [2.24, 2.45) is 5.73 Å². The van der Waals surface area contributed by atoms with Crippen molar-refractivity contribution in [1.29, 1.82) is 0 Å². The van der Waals surface area contributed by atoms with Crippen molar-refractivity contribution in [2.75, 3.05) is 6.54 Å². The molecule has 0 radical (unpaired) electrons. The molecule has 0 bridgehead atoms. The standard InChI is InChI=1S/C2H5NO3S3/c3-1-2(7-8-2)9(4,5)6/h1,3H2,(H,4,5,6). The van der Waals surface area contributed by atoms with Gasteiger partial charge < -0.3 is 5.73 Å². The predicted octanol–water partition coefficient (Wildman–Crippen LogP) is -0.118. The van der Waals surface area contributed by atoms with Crippen molar-refractivity contribution in [1.82, 2.24) is 0 Å². The minimum atomic E-state index is -3.94. The molecule has 3 N–H and O–H groups in total. The van der Waals surface area contributed by atoms with Gasteiger partial charge in [0.2, 0.25) is 3.41 Å². The van der Waals surface area contributed by atoms with Crippen LogP contribution in [0.1, 0.15) is 0 Å². The Morgan fingerprint density at radius 3 is 2.00 bits per heavy atom. The molecule has 7 heteroatoms. The summed E-state index contributed by atoms with van der Waals surface area (Å²) in [6, 6.07) is 0. The van der Waals surface area contributed by atoms with Gasteiger partial charge in [-0.05, 0) is 0 Å². The van der Waals surface area contributed by atoms with Crippen LogP contribution in [-0.4, -0.2) is 22.9 Å². The molecule has 1 rings (SSSR count). The van der Waals surface area contributed by atoms with Crippen LogP contribution in [0.25, 0.3) is 0 Å². The van der Waals surface area contributed by atoms with Gasteiger partial charge >= 0.3 is 0 Å². The monoisotopic (exact) mass is 187 g/mol. The second-order valence-electron chi connectivity index (χ2n) is 1.53. The summed E-state index contributed by atoms with van der Waals surface area (Å²) in [6.45, 7) is -0.0405. The highest BCUT2D eigenvalue weighted by atomic mass is 33.2. The van der Waals surface area contributed by atoms with E-state index in [2.05, 4.69) is 0 Å². The van der Waals surface area contributed by atoms with Crippen LogP contribution >= 0.6 is 21.6 Å². The zero-order chi connectivity index (χ0) is 7.12. The highest BCUT2D eigenvalue weighted by Gasteiger charge is 2.56. The fourth-order valence-electron chi connectivity index (χ4n) is 0.306. The van der Waals surface area contributed by atoms with Crippen LogP contribution < -0.4 is 5.73 Å². The van der Waals surface area contributed by atoms with E-state index >= 15 is 0 Å². The second kappa shape index (κ2) is 2.03. The largest absolute Gasteiger partial charge is 0.327 e. The first-order valence-electron chi connectivity index (χ1n) is 2.06. The Morgan fingerprint density at radius 2 is 2.00 bits per heavy atom. The molecule has 1 aliphatic heterocycles. The molecule has 0 saturated carbocycles. The number of nitrogens with two attached hydrogens (primary N) is 1. The smallest absolute Gasteiger partial charge is 0.292 e. The van der Waals surface area contributed by atoms with Crippen LogP contribution in [0.15, 0.2) is 0 Å². The summed E-state index contributed by atoms with van der Waals surface area (Å²) in [5.74, 6) is 0.